The number of aryl methyl sites for hydroxylation is 1. The fourth-order valence-electron chi connectivity index (χ4n) is 13.9. The van der Waals surface area contributed by atoms with Crippen LogP contribution in [0.25, 0.3) is 0 Å². The molecule has 0 bridgehead atoms. The number of aliphatic hydroxyl groups is 9. The van der Waals surface area contributed by atoms with Crippen LogP contribution in [-0.4, -0.2) is 377 Å². The number of carbonyl (C=O) groups excluding carboxylic acids is 4. The minimum atomic E-state index is -5.34. The lowest BCUT2D eigenvalue weighted by Crippen LogP contribution is -2.68. The summed E-state index contributed by atoms with van der Waals surface area (Å²) < 4.78 is 247. The maximum absolute atomic E-state index is 12.8. The summed E-state index contributed by atoms with van der Waals surface area (Å²) in [6.45, 7) is -2.74. The minimum absolute atomic E-state index is 0.0466. The monoisotopic (exact) mass is 1760 g/mol. The van der Waals surface area contributed by atoms with Gasteiger partial charge in [-0.2, -0.15) is 33.7 Å². The smallest absolute Gasteiger partial charge is 0.390 e. The highest BCUT2D eigenvalue weighted by atomic mass is 32.3. The first-order valence-electron chi connectivity index (χ1n) is 36.5. The molecular weight excluding hydrogens is 1660 g/mol. The first kappa shape index (κ1) is 95.4. The van der Waals surface area contributed by atoms with Crippen LogP contribution in [0.2, 0.25) is 0 Å². The second-order valence-electron chi connectivity index (χ2n) is 28.3. The first-order chi connectivity index (χ1) is 54.4. The fraction of sp³-hybridized carbons (Fsp3) is 0.841. The van der Waals surface area contributed by atoms with Crippen LogP contribution in [0.3, 0.4) is 0 Å². The standard InChI is InChI=1S/C63H100N4O45S4/c1-27(68)64-48-52(77)56(40(23-98-113(81,82)83)105-60(48)93-14-10-6-9-13-31-11-7-5-8-12-31)110-45-16-33(73)37(20-95-45)103-62-50(66-29(3)70)54(79)58(42(107-62)25-100-115(87,88)89)112-47-18-35(75)39(22-97-47)104-63-51(67-30(4)71)55(80)59(43(108-63)26-101-116(90,91)92)111-46-17-34(74)38(21-96-46)102-61-49(65-28(2)69)53(78)57(41(106-61)24-99-114(84,85)86)109-44-15-32(72)36(76)19-94-44/h5,7-8,11-12,32-63,72-80H,6,9-10,13-26H2,1-4H3,(H,64,68)(H,65,69)(H,66,70)(H,67,71)(H,81,82,83)(H,84,85,86)(H,87,88,89)(H,90,91,92)/t32-,33-,34-,35-,36+,37-,38-,39-,40?,41?,42?,43?,44-,45-,46-,47-,48?,49?,50?,51?,52+,53+,54+,55+,56+,57+,58+,59+,60+,61+,62+,63+/m0/s1. The van der Waals surface area contributed by atoms with Gasteiger partial charge < -0.3 is 143 Å². The Kier molecular flexibility index (Phi) is 35.0. The Bertz CT molecular complexity index is 3800. The van der Waals surface area contributed by atoms with E-state index in [9.17, 15) is 117 Å². The van der Waals surface area contributed by atoms with Crippen molar-refractivity contribution in [3.63, 3.8) is 0 Å². The SMILES string of the molecule is CC(=O)NC1[C@H](OCCCCCc2ccccc2)OC(COS(=O)(=O)O)[C@@H](O[C@H]2C[C@H](O)[C@@H](O[C@@H]3OC(COS(=O)(=O)O)[C@@H](O[C@H]4C[C@H](O)[C@@H](O[C@@H]5OC(COS(=O)(=O)O)[C@@H](O[C@H]6C[C@H](O)[C@@H](O[C@@H]7OC(COS(=O)(=O)O)[C@@H](O[C@H]8C[C@H](O)[C@H](O)CO8)[C@H](O)C7NC(C)=O)CO6)[C@H](O)C5NC(C)=O)CO4)[C@H](O)C3NC(C)=O)CO2)[C@@H]1O. The van der Waals surface area contributed by atoms with E-state index in [1.807, 2.05) is 30.3 Å². The molecule has 0 spiro atoms. The molecule has 32 atom stereocenters. The Morgan fingerprint density at radius 3 is 0.940 bits per heavy atom. The van der Waals surface area contributed by atoms with Crippen LogP contribution >= 0.6 is 0 Å². The van der Waals surface area contributed by atoms with Crippen molar-refractivity contribution in [1.82, 2.24) is 21.3 Å². The van der Waals surface area contributed by atoms with Crippen LogP contribution in [0, 0.1) is 0 Å². The number of hydrogen-bond donors (Lipinski definition) is 17. The molecule has 0 radical (unpaired) electrons. The van der Waals surface area contributed by atoms with Crippen molar-refractivity contribution in [3.8, 4) is 0 Å². The van der Waals surface area contributed by atoms with Gasteiger partial charge in [0.1, 0.15) is 122 Å². The predicted molar refractivity (Wildman–Crippen MR) is 371 cm³/mol. The van der Waals surface area contributed by atoms with Crippen molar-refractivity contribution >= 4 is 65.2 Å². The van der Waals surface area contributed by atoms with Crippen LogP contribution in [-0.2, 0) is 160 Å². The first-order valence-corrected chi connectivity index (χ1v) is 41.9. The second-order valence-corrected chi connectivity index (χ2v) is 32.7. The van der Waals surface area contributed by atoms with Gasteiger partial charge in [0.15, 0.2) is 50.3 Å². The molecule has 0 aliphatic carbocycles. The second kappa shape index (κ2) is 42.6. The molecule has 0 aromatic heterocycles. The van der Waals surface area contributed by atoms with Crippen LogP contribution in [0.5, 0.6) is 0 Å². The van der Waals surface area contributed by atoms with Gasteiger partial charge in [0.2, 0.25) is 23.6 Å². The minimum Gasteiger partial charge on any atom is -0.390 e. The highest BCUT2D eigenvalue weighted by molar-refractivity contribution is 7.81. The van der Waals surface area contributed by atoms with Gasteiger partial charge in [0.25, 0.3) is 0 Å². The van der Waals surface area contributed by atoms with E-state index in [1.54, 1.807) is 0 Å². The van der Waals surface area contributed by atoms with Gasteiger partial charge in [-0.15, -0.1) is 0 Å². The number of benzene rings is 1. The zero-order valence-corrected chi connectivity index (χ0v) is 65.7. The molecule has 8 aliphatic rings. The average molecular weight is 1760 g/mol. The predicted octanol–water partition coefficient (Wildman–Crippen LogP) is -8.46. The van der Waals surface area contributed by atoms with Crippen LogP contribution in [0.15, 0.2) is 30.3 Å². The molecule has 666 valence electrons. The van der Waals surface area contributed by atoms with Crippen molar-refractivity contribution < 1.29 is 210 Å². The lowest BCUT2D eigenvalue weighted by molar-refractivity contribution is -0.352. The molecular formula is C63H100N4O45S4. The Morgan fingerprint density at radius 2 is 0.655 bits per heavy atom. The molecule has 49 nitrogen and oxygen atoms in total. The van der Waals surface area contributed by atoms with Crippen LogP contribution in [0.1, 0.15) is 78.2 Å². The number of amides is 4. The molecule has 4 amide bonds. The van der Waals surface area contributed by atoms with E-state index in [2.05, 4.69) is 38.0 Å². The Morgan fingerprint density at radius 1 is 0.371 bits per heavy atom. The maximum Gasteiger partial charge on any atom is 0.397 e. The molecule has 8 aliphatic heterocycles. The van der Waals surface area contributed by atoms with E-state index in [0.29, 0.717) is 12.8 Å². The number of aliphatic hydroxyl groups excluding tert-OH is 9. The Hall–Kier alpha value is -4.42. The van der Waals surface area contributed by atoms with Gasteiger partial charge in [-0.3, -0.25) is 37.4 Å². The summed E-state index contributed by atoms with van der Waals surface area (Å²) in [6.07, 6.45) is -47.2. The molecule has 0 saturated carbocycles. The van der Waals surface area contributed by atoms with Gasteiger partial charge in [0, 0.05) is 60.0 Å². The van der Waals surface area contributed by atoms with Crippen molar-refractivity contribution in [2.75, 3.05) is 59.5 Å². The summed E-state index contributed by atoms with van der Waals surface area (Å²) in [4.78, 5) is 50.6. The zero-order valence-electron chi connectivity index (χ0n) is 62.4. The van der Waals surface area contributed by atoms with Crippen molar-refractivity contribution in [2.24, 2.45) is 0 Å². The molecule has 8 unspecified atom stereocenters. The molecule has 8 saturated heterocycles. The number of ether oxygens (including phenoxy) is 16. The molecule has 17 N–H and O–H groups in total. The summed E-state index contributed by atoms with van der Waals surface area (Å²) in [5.41, 5.74) is 1.12. The quantitative estimate of drug-likeness (QED) is 0.0217. The van der Waals surface area contributed by atoms with Gasteiger partial charge in [-0.25, -0.2) is 16.7 Å². The lowest BCUT2D eigenvalue weighted by Gasteiger charge is -2.48. The fourth-order valence-corrected chi connectivity index (χ4v) is 15.1. The highest BCUT2D eigenvalue weighted by Crippen LogP contribution is 2.38. The summed E-state index contributed by atoms with van der Waals surface area (Å²) in [6, 6.07) is 3.20. The third kappa shape index (κ3) is 28.6. The van der Waals surface area contributed by atoms with Crippen molar-refractivity contribution in [3.05, 3.63) is 35.9 Å². The number of unbranched alkanes of at least 4 members (excludes halogenated alkanes) is 2. The van der Waals surface area contributed by atoms with Gasteiger partial charge in [0.05, 0.1) is 77.3 Å². The van der Waals surface area contributed by atoms with Gasteiger partial charge in [-0.05, 0) is 24.8 Å². The van der Waals surface area contributed by atoms with Crippen molar-refractivity contribution in [1.29, 1.82) is 0 Å². The summed E-state index contributed by atoms with van der Waals surface area (Å²) in [7, 11) is -21.0. The molecule has 9 rings (SSSR count). The molecule has 8 fully saturated rings. The van der Waals surface area contributed by atoms with Crippen LogP contribution < -0.4 is 21.3 Å². The van der Waals surface area contributed by atoms with Crippen LogP contribution in [0.4, 0.5) is 0 Å². The maximum atomic E-state index is 12.8. The molecule has 116 heavy (non-hydrogen) atoms. The number of hydrogen-bond acceptors (Lipinski definition) is 41. The van der Waals surface area contributed by atoms with E-state index < -0.39 is 334 Å². The summed E-state index contributed by atoms with van der Waals surface area (Å²) in [5, 5.41) is 112. The molecule has 1 aromatic carbocycles. The largest absolute Gasteiger partial charge is 0.397 e. The lowest BCUT2D eigenvalue weighted by atomic mass is 9.95. The molecule has 8 heterocycles. The Labute approximate surface area is 664 Å². The molecule has 1 aromatic rings. The van der Waals surface area contributed by atoms with E-state index in [4.69, 9.17) is 75.8 Å². The van der Waals surface area contributed by atoms with E-state index >= 15 is 0 Å². The van der Waals surface area contributed by atoms with E-state index in [0.717, 1.165) is 46.1 Å². The van der Waals surface area contributed by atoms with Gasteiger partial charge >= 0.3 is 41.6 Å². The van der Waals surface area contributed by atoms with E-state index in [1.165, 1.54) is 0 Å². The topological polar surface area (TPSA) is 701 Å². The number of carbonyl (C=O) groups is 4. The summed E-state index contributed by atoms with van der Waals surface area (Å²) in [5.74, 6) is -3.16. The van der Waals surface area contributed by atoms with Crippen molar-refractivity contribution in [2.45, 2.75) is 276 Å². The Balaban J connectivity index is 0.826. The number of nitrogens with one attached hydrogen (secondary N) is 4. The van der Waals surface area contributed by atoms with Gasteiger partial charge in [-0.1, -0.05) is 36.8 Å². The highest BCUT2D eigenvalue weighted by Gasteiger charge is 2.56. The zero-order chi connectivity index (χ0) is 84.9. The van der Waals surface area contributed by atoms with E-state index in [-0.39, 0.29) is 13.0 Å². The normalized spacial score (nSPS) is 39.0. The third-order valence-electron chi connectivity index (χ3n) is 19.4. The third-order valence-corrected chi connectivity index (χ3v) is 21.1. The average Bonchev–Trinajstić information content (AvgIpc) is 0.789. The molecule has 53 heteroatoms. The summed E-state index contributed by atoms with van der Waals surface area (Å²) >= 11 is 0. The number of rotatable bonds is 37.